The number of hydrogen-bond donors (Lipinski definition) is 1. The number of benzene rings is 1. The second-order valence-corrected chi connectivity index (χ2v) is 8.24. The molecule has 1 unspecified atom stereocenters. The fraction of sp³-hybridized carbons (Fsp3) is 0.727. The zero-order valence-electron chi connectivity index (χ0n) is 16.4. The lowest BCUT2D eigenvalue weighted by molar-refractivity contribution is 0.0513. The highest BCUT2D eigenvalue weighted by Gasteiger charge is 2.23. The predicted octanol–water partition coefficient (Wildman–Crippen LogP) is 3.32. The van der Waals surface area contributed by atoms with Gasteiger partial charge in [-0.3, -0.25) is 0 Å². The first-order valence-corrected chi connectivity index (χ1v) is 10.5. The molecule has 2 saturated heterocycles. The van der Waals surface area contributed by atoms with E-state index in [2.05, 4.69) is 16.7 Å². The van der Waals surface area contributed by atoms with E-state index in [9.17, 15) is 5.11 Å². The van der Waals surface area contributed by atoms with Crippen LogP contribution in [0.5, 0.6) is 5.75 Å². The number of aliphatic hydroxyl groups is 1. The third kappa shape index (κ3) is 6.57. The van der Waals surface area contributed by atoms with Crippen molar-refractivity contribution in [2.45, 2.75) is 51.6 Å². The van der Waals surface area contributed by atoms with Gasteiger partial charge in [0.25, 0.3) is 0 Å². The molecule has 2 aliphatic heterocycles. The summed E-state index contributed by atoms with van der Waals surface area (Å²) in [6.45, 7) is 9.27. The molecule has 2 fully saturated rings. The lowest BCUT2D eigenvalue weighted by atomic mass is 9.96. The molecule has 2 heterocycles. The topological polar surface area (TPSA) is 35.9 Å². The summed E-state index contributed by atoms with van der Waals surface area (Å²) in [6, 6.07) is 8.01. The second-order valence-electron chi connectivity index (χ2n) is 8.24. The quantitative estimate of drug-likeness (QED) is 0.809. The van der Waals surface area contributed by atoms with E-state index in [0.717, 1.165) is 31.3 Å². The average molecular weight is 361 g/mol. The van der Waals surface area contributed by atoms with Crippen LogP contribution in [0.3, 0.4) is 0 Å². The Morgan fingerprint density at radius 3 is 2.27 bits per heavy atom. The Labute approximate surface area is 159 Å². The molecule has 146 valence electrons. The van der Waals surface area contributed by atoms with E-state index in [1.165, 1.54) is 63.7 Å². The third-order valence-corrected chi connectivity index (χ3v) is 5.85. The molecule has 4 nitrogen and oxygen atoms in total. The Balaban J connectivity index is 1.32. The van der Waals surface area contributed by atoms with Gasteiger partial charge >= 0.3 is 0 Å². The molecule has 3 rings (SSSR count). The van der Waals surface area contributed by atoms with Gasteiger partial charge in [0.15, 0.2) is 0 Å². The van der Waals surface area contributed by atoms with E-state index in [0.29, 0.717) is 6.61 Å². The van der Waals surface area contributed by atoms with Crippen molar-refractivity contribution in [3.05, 3.63) is 29.8 Å². The molecule has 1 aromatic rings. The monoisotopic (exact) mass is 360 g/mol. The predicted molar refractivity (Wildman–Crippen MR) is 107 cm³/mol. The summed E-state index contributed by atoms with van der Waals surface area (Å²) < 4.78 is 5.71. The molecular formula is C22H36N2O2. The van der Waals surface area contributed by atoms with Crippen molar-refractivity contribution in [3.63, 3.8) is 0 Å². The van der Waals surface area contributed by atoms with E-state index in [4.69, 9.17) is 4.74 Å². The smallest absolute Gasteiger partial charge is 0.119 e. The molecule has 1 aromatic carbocycles. The van der Waals surface area contributed by atoms with Crippen LogP contribution in [-0.2, 0) is 0 Å². The van der Waals surface area contributed by atoms with Crippen molar-refractivity contribution < 1.29 is 9.84 Å². The lowest BCUT2D eigenvalue weighted by Crippen LogP contribution is -2.43. The van der Waals surface area contributed by atoms with Crippen LogP contribution in [0, 0.1) is 12.8 Å². The third-order valence-electron chi connectivity index (χ3n) is 5.85. The maximum atomic E-state index is 10.3. The van der Waals surface area contributed by atoms with Crippen LogP contribution in [-0.4, -0.2) is 66.9 Å². The SMILES string of the molecule is Cc1ccc(OCC(O)CN2CCC(CN3CCCCCC3)CC2)cc1. The summed E-state index contributed by atoms with van der Waals surface area (Å²) in [6.07, 6.45) is 7.70. The normalized spacial score (nSPS) is 22.1. The second kappa shape index (κ2) is 10.3. The maximum Gasteiger partial charge on any atom is 0.119 e. The minimum Gasteiger partial charge on any atom is -0.491 e. The number of rotatable bonds is 7. The van der Waals surface area contributed by atoms with Crippen molar-refractivity contribution in [2.24, 2.45) is 5.92 Å². The first kappa shape index (κ1) is 19.7. The summed E-state index contributed by atoms with van der Waals surface area (Å²) in [4.78, 5) is 5.10. The summed E-state index contributed by atoms with van der Waals surface area (Å²) in [5.41, 5.74) is 1.22. The van der Waals surface area contributed by atoms with Crippen LogP contribution in [0.25, 0.3) is 0 Å². The van der Waals surface area contributed by atoms with E-state index >= 15 is 0 Å². The molecule has 0 bridgehead atoms. The van der Waals surface area contributed by atoms with Crippen molar-refractivity contribution in [1.82, 2.24) is 9.80 Å². The molecule has 0 aromatic heterocycles. The molecule has 26 heavy (non-hydrogen) atoms. The number of hydrogen-bond acceptors (Lipinski definition) is 4. The number of β-amino-alcohol motifs (C(OH)–C–C–N with tert-alkyl or cyclic N) is 1. The highest BCUT2D eigenvalue weighted by atomic mass is 16.5. The van der Waals surface area contributed by atoms with Gasteiger partial charge in [-0.15, -0.1) is 0 Å². The molecule has 1 atom stereocenters. The number of aryl methyl sites for hydroxylation is 1. The van der Waals surface area contributed by atoms with E-state index in [1.54, 1.807) is 0 Å². The molecule has 0 aliphatic carbocycles. The molecule has 0 radical (unpaired) electrons. The van der Waals surface area contributed by atoms with Crippen LogP contribution in [0.1, 0.15) is 44.1 Å². The van der Waals surface area contributed by atoms with Crippen LogP contribution in [0.2, 0.25) is 0 Å². The molecule has 0 saturated carbocycles. The standard InChI is InChI=1S/C22H36N2O2/c1-19-6-8-22(9-7-19)26-18-21(25)17-24-14-10-20(11-15-24)16-23-12-4-2-3-5-13-23/h6-9,20-21,25H,2-5,10-18H2,1H3. The zero-order chi connectivity index (χ0) is 18.2. The van der Waals surface area contributed by atoms with Gasteiger partial charge in [0.05, 0.1) is 0 Å². The van der Waals surface area contributed by atoms with Gasteiger partial charge in [-0.1, -0.05) is 30.5 Å². The zero-order valence-corrected chi connectivity index (χ0v) is 16.4. The fourth-order valence-electron chi connectivity index (χ4n) is 4.21. The minimum absolute atomic E-state index is 0.372. The van der Waals surface area contributed by atoms with Crippen LogP contribution < -0.4 is 4.74 Å². The first-order chi connectivity index (χ1) is 12.7. The van der Waals surface area contributed by atoms with Crippen LogP contribution in [0.4, 0.5) is 0 Å². The maximum absolute atomic E-state index is 10.3. The molecule has 4 heteroatoms. The molecule has 1 N–H and O–H groups in total. The van der Waals surface area contributed by atoms with Gasteiger partial charge < -0.3 is 19.6 Å². The van der Waals surface area contributed by atoms with Crippen molar-refractivity contribution in [3.8, 4) is 5.75 Å². The Kier molecular flexibility index (Phi) is 7.78. The van der Waals surface area contributed by atoms with Crippen molar-refractivity contribution >= 4 is 0 Å². The molecule has 0 amide bonds. The van der Waals surface area contributed by atoms with Gasteiger partial charge in [0.2, 0.25) is 0 Å². The van der Waals surface area contributed by atoms with Crippen molar-refractivity contribution in [2.75, 3.05) is 45.9 Å². The fourth-order valence-corrected chi connectivity index (χ4v) is 4.21. The number of likely N-dealkylation sites (tertiary alicyclic amines) is 2. The number of piperidine rings is 1. The Hall–Kier alpha value is -1.10. The molecular weight excluding hydrogens is 324 g/mol. The minimum atomic E-state index is -0.418. The summed E-state index contributed by atoms with van der Waals surface area (Å²) in [7, 11) is 0. The van der Waals surface area contributed by atoms with Gasteiger partial charge in [-0.05, 0) is 76.8 Å². The summed E-state index contributed by atoms with van der Waals surface area (Å²) in [5.74, 6) is 1.68. The number of ether oxygens (including phenoxy) is 1. The van der Waals surface area contributed by atoms with E-state index in [-0.39, 0.29) is 0 Å². The molecule has 0 spiro atoms. The molecule has 2 aliphatic rings. The summed E-state index contributed by atoms with van der Waals surface area (Å²) in [5, 5.41) is 10.3. The number of aliphatic hydroxyl groups excluding tert-OH is 1. The van der Waals surface area contributed by atoms with Crippen molar-refractivity contribution in [1.29, 1.82) is 0 Å². The largest absolute Gasteiger partial charge is 0.491 e. The van der Waals surface area contributed by atoms with Gasteiger partial charge in [0.1, 0.15) is 18.5 Å². The highest BCUT2D eigenvalue weighted by molar-refractivity contribution is 5.26. The van der Waals surface area contributed by atoms with Gasteiger partial charge in [0, 0.05) is 13.1 Å². The summed E-state index contributed by atoms with van der Waals surface area (Å²) >= 11 is 0. The average Bonchev–Trinajstić information content (AvgIpc) is 2.92. The van der Waals surface area contributed by atoms with Crippen LogP contribution in [0.15, 0.2) is 24.3 Å². The Morgan fingerprint density at radius 2 is 1.62 bits per heavy atom. The van der Waals surface area contributed by atoms with Gasteiger partial charge in [-0.25, -0.2) is 0 Å². The highest BCUT2D eigenvalue weighted by Crippen LogP contribution is 2.21. The number of nitrogens with zero attached hydrogens (tertiary/aromatic N) is 2. The lowest BCUT2D eigenvalue weighted by Gasteiger charge is -2.35. The van der Waals surface area contributed by atoms with E-state index in [1.807, 2.05) is 24.3 Å². The first-order valence-electron chi connectivity index (χ1n) is 10.5. The Morgan fingerprint density at radius 1 is 0.962 bits per heavy atom. The Bertz CT molecular complexity index is 503. The van der Waals surface area contributed by atoms with Gasteiger partial charge in [-0.2, -0.15) is 0 Å². The van der Waals surface area contributed by atoms with E-state index < -0.39 is 6.10 Å². The van der Waals surface area contributed by atoms with Crippen LogP contribution >= 0.6 is 0 Å².